The highest BCUT2D eigenvalue weighted by molar-refractivity contribution is 5.54. The van der Waals surface area contributed by atoms with Crippen molar-refractivity contribution in [2.45, 2.75) is 25.4 Å². The molecule has 0 aromatic heterocycles. The van der Waals surface area contributed by atoms with Gasteiger partial charge in [0, 0.05) is 6.07 Å². The first-order chi connectivity index (χ1) is 7.69. The molecule has 0 radical (unpaired) electrons. The number of alkyl halides is 2. The second kappa shape index (κ2) is 4.41. The Labute approximate surface area is 90.8 Å². The molecule has 2 rings (SSSR count). The summed E-state index contributed by atoms with van der Waals surface area (Å²) in [6.07, 6.45) is 3.44. The average molecular weight is 225 g/mol. The van der Waals surface area contributed by atoms with Gasteiger partial charge in [-0.05, 0) is 36.5 Å². The zero-order chi connectivity index (χ0) is 11.5. The zero-order valence-electron chi connectivity index (χ0n) is 8.32. The topological polar surface area (TPSA) is 38.7 Å². The Morgan fingerprint density at radius 3 is 2.69 bits per heavy atom. The number of aliphatic imine (C=N–C) groups is 1. The molecule has 1 fully saturated rings. The maximum Gasteiger partial charge on any atom is 0.387 e. The van der Waals surface area contributed by atoms with Crippen molar-refractivity contribution in [1.82, 2.24) is 0 Å². The Hall–Kier alpha value is -1.74. The maximum atomic E-state index is 12.1. The lowest BCUT2D eigenvalue weighted by atomic mass is 10.1. The van der Waals surface area contributed by atoms with Crippen LogP contribution in [0, 0.1) is 0 Å². The number of rotatable bonds is 4. The lowest BCUT2D eigenvalue weighted by molar-refractivity contribution is -0.0498. The molecule has 16 heavy (non-hydrogen) atoms. The Kier molecular flexibility index (Phi) is 2.97. The molecular weight excluding hydrogens is 216 g/mol. The van der Waals surface area contributed by atoms with Crippen LogP contribution in [0.25, 0.3) is 0 Å². The number of benzene rings is 1. The summed E-state index contributed by atoms with van der Waals surface area (Å²) in [4.78, 5) is 13.5. The number of ether oxygens (including phenoxy) is 1. The average Bonchev–Trinajstić information content (AvgIpc) is 2.99. The van der Waals surface area contributed by atoms with Crippen LogP contribution in [0.15, 0.2) is 23.2 Å². The molecule has 3 nitrogen and oxygen atoms in total. The summed E-state index contributed by atoms with van der Waals surface area (Å²) in [6.45, 7) is -2.87. The molecule has 0 unspecified atom stereocenters. The highest BCUT2D eigenvalue weighted by Crippen LogP contribution is 2.42. The van der Waals surface area contributed by atoms with Crippen LogP contribution >= 0.6 is 0 Å². The van der Waals surface area contributed by atoms with E-state index in [0.29, 0.717) is 11.6 Å². The summed E-state index contributed by atoms with van der Waals surface area (Å²) < 4.78 is 28.4. The third kappa shape index (κ3) is 2.64. The normalized spacial score (nSPS) is 14.7. The van der Waals surface area contributed by atoms with Crippen molar-refractivity contribution < 1.29 is 18.3 Å². The van der Waals surface area contributed by atoms with Gasteiger partial charge in [0.05, 0.1) is 5.69 Å². The molecule has 1 aromatic carbocycles. The van der Waals surface area contributed by atoms with Crippen molar-refractivity contribution >= 4 is 11.8 Å². The summed E-state index contributed by atoms with van der Waals surface area (Å²) in [7, 11) is 0. The maximum absolute atomic E-state index is 12.1. The van der Waals surface area contributed by atoms with E-state index in [0.717, 1.165) is 18.4 Å². The molecule has 0 heterocycles. The van der Waals surface area contributed by atoms with Crippen LogP contribution < -0.4 is 4.74 Å². The van der Waals surface area contributed by atoms with E-state index in [-0.39, 0.29) is 5.75 Å². The molecule has 1 aliphatic carbocycles. The van der Waals surface area contributed by atoms with Crippen molar-refractivity contribution in [3.05, 3.63) is 23.8 Å². The van der Waals surface area contributed by atoms with Gasteiger partial charge in [-0.25, -0.2) is 4.79 Å². The standard InChI is InChI=1S/C11H9F2NO2/c12-11(13)16-10-4-8(7-1-2-7)3-9(5-10)14-6-15/h3-5,7,11H,1-2H2. The molecule has 1 saturated carbocycles. The first-order valence-electron chi connectivity index (χ1n) is 4.86. The van der Waals surface area contributed by atoms with Gasteiger partial charge in [0.15, 0.2) is 0 Å². The minimum Gasteiger partial charge on any atom is -0.435 e. The van der Waals surface area contributed by atoms with Crippen LogP contribution in [0.1, 0.15) is 24.3 Å². The highest BCUT2D eigenvalue weighted by Gasteiger charge is 2.24. The van der Waals surface area contributed by atoms with E-state index >= 15 is 0 Å². The SMILES string of the molecule is O=C=Nc1cc(OC(F)F)cc(C2CC2)c1. The van der Waals surface area contributed by atoms with Gasteiger partial charge >= 0.3 is 6.61 Å². The van der Waals surface area contributed by atoms with E-state index < -0.39 is 6.61 Å². The fraction of sp³-hybridized carbons (Fsp3) is 0.364. The molecule has 5 heteroatoms. The van der Waals surface area contributed by atoms with E-state index in [1.807, 2.05) is 0 Å². The summed E-state index contributed by atoms with van der Waals surface area (Å²) in [5, 5.41) is 0. The predicted molar refractivity (Wildman–Crippen MR) is 52.8 cm³/mol. The number of hydrogen-bond donors (Lipinski definition) is 0. The second-order valence-electron chi connectivity index (χ2n) is 3.62. The summed E-state index contributed by atoms with van der Waals surface area (Å²) in [6, 6.07) is 4.55. The first-order valence-corrected chi connectivity index (χ1v) is 4.86. The van der Waals surface area contributed by atoms with E-state index in [2.05, 4.69) is 9.73 Å². The molecule has 0 amide bonds. The third-order valence-electron chi connectivity index (χ3n) is 2.36. The van der Waals surface area contributed by atoms with Crippen LogP contribution in [0.3, 0.4) is 0 Å². The van der Waals surface area contributed by atoms with E-state index in [9.17, 15) is 13.6 Å². The molecule has 0 bridgehead atoms. The molecule has 1 aromatic rings. The van der Waals surface area contributed by atoms with Crippen LogP contribution in [-0.4, -0.2) is 12.7 Å². The van der Waals surface area contributed by atoms with E-state index in [1.165, 1.54) is 12.1 Å². The van der Waals surface area contributed by atoms with Crippen molar-refractivity contribution in [3.63, 3.8) is 0 Å². The predicted octanol–water partition coefficient (Wildman–Crippen LogP) is 3.13. The molecule has 84 valence electrons. The number of nitrogens with zero attached hydrogens (tertiary/aromatic N) is 1. The van der Waals surface area contributed by atoms with Gasteiger partial charge in [0.25, 0.3) is 0 Å². The van der Waals surface area contributed by atoms with E-state index in [1.54, 1.807) is 12.1 Å². The van der Waals surface area contributed by atoms with Gasteiger partial charge in [0.2, 0.25) is 6.08 Å². The lowest BCUT2D eigenvalue weighted by Crippen LogP contribution is -2.02. The third-order valence-corrected chi connectivity index (χ3v) is 2.36. The molecule has 0 atom stereocenters. The summed E-state index contributed by atoms with van der Waals surface area (Å²) in [5.41, 5.74) is 1.18. The molecule has 0 N–H and O–H groups in total. The quantitative estimate of drug-likeness (QED) is 0.583. The van der Waals surface area contributed by atoms with Crippen molar-refractivity contribution in [2.24, 2.45) is 4.99 Å². The molecule has 0 aliphatic heterocycles. The second-order valence-corrected chi connectivity index (χ2v) is 3.62. The van der Waals surface area contributed by atoms with Crippen molar-refractivity contribution in [2.75, 3.05) is 0 Å². The Morgan fingerprint density at radius 2 is 2.12 bits per heavy atom. The molecular formula is C11H9F2NO2. The Morgan fingerprint density at radius 1 is 1.38 bits per heavy atom. The van der Waals surface area contributed by atoms with Crippen LogP contribution in [-0.2, 0) is 4.79 Å². The smallest absolute Gasteiger partial charge is 0.387 e. The Balaban J connectivity index is 2.32. The first kappa shape index (κ1) is 10.8. The Bertz CT molecular complexity index is 438. The van der Waals surface area contributed by atoms with Gasteiger partial charge in [-0.2, -0.15) is 13.8 Å². The fourth-order valence-electron chi connectivity index (χ4n) is 1.55. The minimum atomic E-state index is -2.87. The molecule has 0 saturated heterocycles. The molecule has 1 aliphatic rings. The van der Waals surface area contributed by atoms with Gasteiger partial charge < -0.3 is 4.74 Å². The van der Waals surface area contributed by atoms with Crippen LogP contribution in [0.4, 0.5) is 14.5 Å². The monoisotopic (exact) mass is 225 g/mol. The van der Waals surface area contributed by atoms with Gasteiger partial charge in [0.1, 0.15) is 5.75 Å². The number of carbonyl (C=O) groups excluding carboxylic acids is 1. The van der Waals surface area contributed by atoms with Crippen LogP contribution in [0.2, 0.25) is 0 Å². The van der Waals surface area contributed by atoms with Gasteiger partial charge in [-0.15, -0.1) is 0 Å². The van der Waals surface area contributed by atoms with Crippen molar-refractivity contribution in [1.29, 1.82) is 0 Å². The number of halogens is 2. The summed E-state index contributed by atoms with van der Waals surface area (Å²) >= 11 is 0. The minimum absolute atomic E-state index is 0.0356. The van der Waals surface area contributed by atoms with Gasteiger partial charge in [-0.3, -0.25) is 0 Å². The van der Waals surface area contributed by atoms with Crippen molar-refractivity contribution in [3.8, 4) is 5.75 Å². The largest absolute Gasteiger partial charge is 0.435 e. The van der Waals surface area contributed by atoms with Crippen LogP contribution in [0.5, 0.6) is 5.75 Å². The summed E-state index contributed by atoms with van der Waals surface area (Å²) in [5.74, 6) is 0.412. The molecule has 0 spiro atoms. The fourth-order valence-corrected chi connectivity index (χ4v) is 1.55. The lowest BCUT2D eigenvalue weighted by Gasteiger charge is -2.07. The van der Waals surface area contributed by atoms with Gasteiger partial charge in [-0.1, -0.05) is 0 Å². The van der Waals surface area contributed by atoms with E-state index in [4.69, 9.17) is 0 Å². The zero-order valence-corrected chi connectivity index (χ0v) is 8.32. The highest BCUT2D eigenvalue weighted by atomic mass is 19.3. The number of hydrogen-bond acceptors (Lipinski definition) is 3. The number of isocyanates is 1.